The van der Waals surface area contributed by atoms with E-state index in [0.717, 1.165) is 5.41 Å². The van der Waals surface area contributed by atoms with Crippen molar-refractivity contribution in [2.24, 2.45) is 0 Å². The summed E-state index contributed by atoms with van der Waals surface area (Å²) in [6.07, 6.45) is 1.20. The van der Waals surface area contributed by atoms with E-state index in [1.54, 1.807) is 19.1 Å². The third-order valence-electron chi connectivity index (χ3n) is 4.41. The van der Waals surface area contributed by atoms with E-state index >= 15 is 0 Å². The number of methoxy groups -OCH3 is 2. The minimum Gasteiger partial charge on any atom is -0.493 e. The van der Waals surface area contributed by atoms with Crippen molar-refractivity contribution in [2.45, 2.75) is 19.4 Å². The highest BCUT2D eigenvalue weighted by Crippen LogP contribution is 2.33. The third-order valence-corrected chi connectivity index (χ3v) is 5.80. The SMILES string of the molecule is COc1cc2oc(=O)c(CC(=O)N[C@@H]3C=CS(=O)(=O)C3)c(C)c2cc1OC. The Morgan fingerprint density at radius 1 is 1.26 bits per heavy atom. The van der Waals surface area contributed by atoms with E-state index in [4.69, 9.17) is 13.9 Å². The van der Waals surface area contributed by atoms with Gasteiger partial charge in [-0.1, -0.05) is 0 Å². The van der Waals surface area contributed by atoms with Crippen LogP contribution in [0.2, 0.25) is 0 Å². The molecule has 1 aromatic carbocycles. The van der Waals surface area contributed by atoms with E-state index in [1.165, 1.54) is 20.3 Å². The molecule has 1 N–H and O–H groups in total. The number of benzene rings is 1. The van der Waals surface area contributed by atoms with Gasteiger partial charge in [0.2, 0.25) is 5.91 Å². The molecule has 0 spiro atoms. The van der Waals surface area contributed by atoms with Crippen LogP contribution in [0.25, 0.3) is 11.0 Å². The zero-order valence-electron chi connectivity index (χ0n) is 15.1. The Balaban J connectivity index is 1.91. The number of ether oxygens (including phenoxy) is 2. The largest absolute Gasteiger partial charge is 0.493 e. The van der Waals surface area contributed by atoms with Crippen molar-refractivity contribution < 1.29 is 27.1 Å². The first-order valence-corrected chi connectivity index (χ1v) is 9.84. The summed E-state index contributed by atoms with van der Waals surface area (Å²) < 4.78 is 38.7. The Kier molecular flexibility index (Phi) is 4.97. The molecule has 0 bridgehead atoms. The van der Waals surface area contributed by atoms with Crippen LogP contribution in [0.3, 0.4) is 0 Å². The average Bonchev–Trinajstić information content (AvgIpc) is 2.95. The molecule has 0 aliphatic carbocycles. The van der Waals surface area contributed by atoms with Crippen LogP contribution >= 0.6 is 0 Å². The summed E-state index contributed by atoms with van der Waals surface area (Å²) in [5.41, 5.74) is 0.491. The van der Waals surface area contributed by atoms with Gasteiger partial charge in [0.15, 0.2) is 21.3 Å². The van der Waals surface area contributed by atoms with Crippen molar-refractivity contribution in [3.63, 3.8) is 0 Å². The number of hydrogen-bond donors (Lipinski definition) is 1. The lowest BCUT2D eigenvalue weighted by molar-refractivity contribution is -0.120. The van der Waals surface area contributed by atoms with Gasteiger partial charge in [0.1, 0.15) is 5.58 Å². The fraction of sp³-hybridized carbons (Fsp3) is 0.333. The maximum absolute atomic E-state index is 12.4. The van der Waals surface area contributed by atoms with E-state index in [0.29, 0.717) is 28.0 Å². The predicted molar refractivity (Wildman–Crippen MR) is 98.9 cm³/mol. The lowest BCUT2D eigenvalue weighted by Crippen LogP contribution is -2.37. The fourth-order valence-electron chi connectivity index (χ4n) is 3.00. The number of carbonyl (C=O) groups excluding carboxylic acids is 1. The van der Waals surface area contributed by atoms with Crippen molar-refractivity contribution in [1.82, 2.24) is 5.32 Å². The molecule has 0 fully saturated rings. The standard InChI is InChI=1S/C18H19NO7S/c1-10-12-6-15(24-2)16(25-3)8-14(12)26-18(21)13(10)7-17(20)19-11-4-5-27(22,23)9-11/h4-6,8,11H,7,9H2,1-3H3,(H,19,20)/t11-/m1/s1. The van der Waals surface area contributed by atoms with Crippen LogP contribution < -0.4 is 20.4 Å². The minimum absolute atomic E-state index is 0.180. The highest BCUT2D eigenvalue weighted by atomic mass is 32.2. The molecule has 3 rings (SSSR count). The summed E-state index contributed by atoms with van der Waals surface area (Å²) in [5.74, 6) is 0.254. The van der Waals surface area contributed by atoms with Gasteiger partial charge in [0.05, 0.1) is 38.0 Å². The topological polar surface area (TPSA) is 112 Å². The van der Waals surface area contributed by atoms with E-state index in [2.05, 4.69) is 5.32 Å². The molecule has 27 heavy (non-hydrogen) atoms. The zero-order valence-corrected chi connectivity index (χ0v) is 15.9. The van der Waals surface area contributed by atoms with Crippen molar-refractivity contribution in [1.29, 1.82) is 0 Å². The number of sulfone groups is 1. The van der Waals surface area contributed by atoms with Crippen LogP contribution in [-0.2, 0) is 21.1 Å². The van der Waals surface area contributed by atoms with Crippen LogP contribution in [0.4, 0.5) is 0 Å². The van der Waals surface area contributed by atoms with Gasteiger partial charge >= 0.3 is 5.63 Å². The molecule has 1 amide bonds. The van der Waals surface area contributed by atoms with E-state index in [9.17, 15) is 18.0 Å². The summed E-state index contributed by atoms with van der Waals surface area (Å²) in [4.78, 5) is 24.6. The number of nitrogens with one attached hydrogen (secondary N) is 1. The smallest absolute Gasteiger partial charge is 0.340 e. The van der Waals surface area contributed by atoms with Gasteiger partial charge in [-0.15, -0.1) is 0 Å². The first-order valence-electron chi connectivity index (χ1n) is 8.12. The Hall–Kier alpha value is -2.81. The second-order valence-electron chi connectivity index (χ2n) is 6.21. The van der Waals surface area contributed by atoms with Crippen LogP contribution in [0, 0.1) is 6.92 Å². The highest BCUT2D eigenvalue weighted by molar-refractivity contribution is 7.94. The molecule has 2 aromatic rings. The van der Waals surface area contributed by atoms with Crippen molar-refractivity contribution in [2.75, 3.05) is 20.0 Å². The maximum Gasteiger partial charge on any atom is 0.340 e. The minimum atomic E-state index is -3.27. The molecule has 0 radical (unpaired) electrons. The van der Waals surface area contributed by atoms with Gasteiger partial charge in [-0.25, -0.2) is 13.2 Å². The molecule has 8 nitrogen and oxygen atoms in total. The van der Waals surface area contributed by atoms with Crippen LogP contribution in [0.5, 0.6) is 11.5 Å². The van der Waals surface area contributed by atoms with E-state index < -0.39 is 27.4 Å². The lowest BCUT2D eigenvalue weighted by atomic mass is 10.0. The molecule has 0 saturated heterocycles. The van der Waals surface area contributed by atoms with Crippen LogP contribution in [-0.4, -0.2) is 40.3 Å². The Bertz CT molecular complexity index is 1100. The molecular formula is C18H19NO7S. The molecule has 144 valence electrons. The number of hydrogen-bond acceptors (Lipinski definition) is 7. The molecule has 1 aromatic heterocycles. The molecule has 0 saturated carbocycles. The monoisotopic (exact) mass is 393 g/mol. The maximum atomic E-state index is 12.4. The van der Waals surface area contributed by atoms with Crippen LogP contribution in [0.15, 0.2) is 32.8 Å². The summed E-state index contributed by atoms with van der Waals surface area (Å²) in [6.45, 7) is 1.72. The summed E-state index contributed by atoms with van der Waals surface area (Å²) >= 11 is 0. The molecule has 9 heteroatoms. The number of amides is 1. The second kappa shape index (κ2) is 7.07. The molecule has 1 aliphatic rings. The quantitative estimate of drug-likeness (QED) is 0.757. The van der Waals surface area contributed by atoms with E-state index in [1.807, 2.05) is 0 Å². The van der Waals surface area contributed by atoms with Gasteiger partial charge < -0.3 is 19.2 Å². The predicted octanol–water partition coefficient (Wildman–Crippen LogP) is 1.09. The number of fused-ring (bicyclic) bond motifs is 1. The summed E-state index contributed by atoms with van der Waals surface area (Å²) in [6, 6.07) is 2.64. The Morgan fingerprint density at radius 3 is 2.52 bits per heavy atom. The average molecular weight is 393 g/mol. The Labute approximate surface area is 155 Å². The van der Waals surface area contributed by atoms with Crippen LogP contribution in [0.1, 0.15) is 11.1 Å². The first kappa shape index (κ1) is 19.0. The molecule has 1 atom stereocenters. The van der Waals surface area contributed by atoms with Gasteiger partial charge in [-0.3, -0.25) is 4.79 Å². The lowest BCUT2D eigenvalue weighted by Gasteiger charge is -2.13. The summed E-state index contributed by atoms with van der Waals surface area (Å²) in [5, 5.41) is 4.30. The molecule has 1 aliphatic heterocycles. The van der Waals surface area contributed by atoms with Gasteiger partial charge in [0.25, 0.3) is 0 Å². The molecule has 2 heterocycles. The van der Waals surface area contributed by atoms with Crippen molar-refractivity contribution in [3.05, 3.63) is 45.2 Å². The summed E-state index contributed by atoms with van der Waals surface area (Å²) in [7, 11) is -0.302. The third kappa shape index (κ3) is 3.82. The fourth-order valence-corrected chi connectivity index (χ4v) is 4.24. The zero-order chi connectivity index (χ0) is 19.8. The highest BCUT2D eigenvalue weighted by Gasteiger charge is 2.24. The molecule has 0 unspecified atom stereocenters. The first-order chi connectivity index (χ1) is 12.7. The van der Waals surface area contributed by atoms with Gasteiger partial charge in [0, 0.05) is 16.9 Å². The van der Waals surface area contributed by atoms with Gasteiger partial charge in [-0.2, -0.15) is 0 Å². The molecular weight excluding hydrogens is 374 g/mol. The normalized spacial score (nSPS) is 17.8. The number of carbonyl (C=O) groups is 1. The Morgan fingerprint density at radius 2 is 1.93 bits per heavy atom. The number of aryl methyl sites for hydroxylation is 1. The van der Waals surface area contributed by atoms with E-state index in [-0.39, 0.29) is 17.7 Å². The second-order valence-corrected chi connectivity index (χ2v) is 8.14. The number of rotatable bonds is 5. The van der Waals surface area contributed by atoms with Gasteiger partial charge in [-0.05, 0) is 24.6 Å². The van der Waals surface area contributed by atoms with Crippen molar-refractivity contribution >= 4 is 26.7 Å². The van der Waals surface area contributed by atoms with Crippen molar-refractivity contribution in [3.8, 4) is 11.5 Å².